The summed E-state index contributed by atoms with van der Waals surface area (Å²) in [5.74, 6) is -0.942. The van der Waals surface area contributed by atoms with Crippen molar-refractivity contribution in [3.05, 3.63) is 60.2 Å². The molecule has 0 saturated carbocycles. The van der Waals surface area contributed by atoms with E-state index in [1.54, 1.807) is 6.07 Å². The minimum Gasteiger partial charge on any atom is -0.406 e. The molecule has 3 N–H and O–H groups in total. The summed E-state index contributed by atoms with van der Waals surface area (Å²) in [5, 5.41) is -0.423. The zero-order valence-corrected chi connectivity index (χ0v) is 21.6. The first-order chi connectivity index (χ1) is 17.6. The number of carbonyl (C=O) groups is 1. The molecule has 0 unspecified atom stereocenters. The summed E-state index contributed by atoms with van der Waals surface area (Å²) in [5.41, 5.74) is 5.73. The zero-order chi connectivity index (χ0) is 27.9. The normalized spacial score (nSPS) is 17.3. The average molecular weight is 550 g/mol. The van der Waals surface area contributed by atoms with Gasteiger partial charge >= 0.3 is 6.36 Å². The van der Waals surface area contributed by atoms with Crippen molar-refractivity contribution in [3.63, 3.8) is 0 Å². The Hall–Kier alpha value is -3.87. The van der Waals surface area contributed by atoms with E-state index < -0.39 is 38.6 Å². The molecule has 0 radical (unpaired) electrons. The number of nitrogens with zero attached hydrogens (tertiary/aromatic N) is 3. The topological polar surface area (TPSA) is 128 Å². The molecule has 3 aromatic rings. The fraction of sp³-hybridized carbons (Fsp3) is 0.320. The summed E-state index contributed by atoms with van der Waals surface area (Å²) in [6, 6.07) is 12.1. The molecule has 2 aromatic heterocycles. The molecule has 1 fully saturated rings. The van der Waals surface area contributed by atoms with Gasteiger partial charge in [-0.3, -0.25) is 4.79 Å². The second-order valence-electron chi connectivity index (χ2n) is 9.71. The Kier molecular flexibility index (Phi) is 6.99. The van der Waals surface area contributed by atoms with Crippen molar-refractivity contribution < 1.29 is 31.1 Å². The number of benzene rings is 1. The van der Waals surface area contributed by atoms with E-state index in [-0.39, 0.29) is 28.8 Å². The first kappa shape index (κ1) is 27.2. The number of aromatic nitrogens is 2. The number of amides is 1. The molecule has 1 aliphatic heterocycles. The van der Waals surface area contributed by atoms with Gasteiger partial charge in [0.15, 0.2) is 5.03 Å². The lowest BCUT2D eigenvalue weighted by Crippen LogP contribution is -2.41. The first-order valence-corrected chi connectivity index (χ1v) is 13.1. The van der Waals surface area contributed by atoms with Crippen LogP contribution < -0.4 is 20.1 Å². The molecule has 4 rings (SSSR count). The van der Waals surface area contributed by atoms with Gasteiger partial charge in [0.1, 0.15) is 17.4 Å². The number of ether oxygens (including phenoxy) is 1. The lowest BCUT2D eigenvalue weighted by atomic mass is 9.97. The van der Waals surface area contributed by atoms with Gasteiger partial charge in [0.05, 0.1) is 11.3 Å². The molecule has 0 bridgehead atoms. The maximum Gasteiger partial charge on any atom is 0.573 e. The van der Waals surface area contributed by atoms with Crippen LogP contribution in [-0.2, 0) is 10.0 Å². The number of sulfonamides is 1. The van der Waals surface area contributed by atoms with Gasteiger partial charge in [0, 0.05) is 17.6 Å². The van der Waals surface area contributed by atoms with Crippen LogP contribution in [-0.4, -0.2) is 42.7 Å². The van der Waals surface area contributed by atoms with E-state index in [4.69, 9.17) is 5.73 Å². The predicted molar refractivity (Wildman–Crippen MR) is 135 cm³/mol. The van der Waals surface area contributed by atoms with Gasteiger partial charge in [0.25, 0.3) is 15.9 Å². The number of hydrogen-bond donors (Lipinski definition) is 2. The Bertz CT molecular complexity index is 1480. The van der Waals surface area contributed by atoms with Gasteiger partial charge in [0.2, 0.25) is 0 Å². The van der Waals surface area contributed by atoms with Gasteiger partial charge in [-0.2, -0.15) is 8.42 Å². The van der Waals surface area contributed by atoms with Crippen LogP contribution in [0.2, 0.25) is 0 Å². The van der Waals surface area contributed by atoms with Crippen LogP contribution >= 0.6 is 0 Å². The number of halogens is 3. The van der Waals surface area contributed by atoms with Crippen LogP contribution in [0.25, 0.3) is 11.3 Å². The molecule has 3 heterocycles. The van der Waals surface area contributed by atoms with E-state index in [9.17, 15) is 26.4 Å². The van der Waals surface area contributed by atoms with Crippen LogP contribution in [0.15, 0.2) is 59.6 Å². The molecular formula is C25H26F3N5O4S. The highest BCUT2D eigenvalue weighted by Gasteiger charge is 2.39. The van der Waals surface area contributed by atoms with Crippen molar-refractivity contribution in [2.45, 2.75) is 44.1 Å². The van der Waals surface area contributed by atoms with E-state index in [0.717, 1.165) is 6.42 Å². The van der Waals surface area contributed by atoms with Crippen molar-refractivity contribution in [1.29, 1.82) is 0 Å². The SMILES string of the molecule is C[C@@H]1CN(c2nc(-c3cccc(OC(F)(F)F)c3)ccc2C(=O)NS(=O)(=O)c2cccc(N)n2)C(C)(C)C1. The second-order valence-corrected chi connectivity index (χ2v) is 11.3. The fourth-order valence-corrected chi connectivity index (χ4v) is 5.56. The van der Waals surface area contributed by atoms with Crippen molar-refractivity contribution in [1.82, 2.24) is 14.7 Å². The number of rotatable bonds is 6. The summed E-state index contributed by atoms with van der Waals surface area (Å²) in [7, 11) is -4.36. The fourth-order valence-electron chi connectivity index (χ4n) is 4.61. The molecule has 1 amide bonds. The number of pyridine rings is 2. The van der Waals surface area contributed by atoms with Crippen LogP contribution in [0.5, 0.6) is 5.75 Å². The summed E-state index contributed by atoms with van der Waals surface area (Å²) < 4.78 is 69.9. The van der Waals surface area contributed by atoms with Crippen molar-refractivity contribution in [3.8, 4) is 17.0 Å². The Morgan fingerprint density at radius 1 is 1.13 bits per heavy atom. The van der Waals surface area contributed by atoms with Crippen LogP contribution in [0.4, 0.5) is 24.8 Å². The Morgan fingerprint density at radius 3 is 2.47 bits per heavy atom. The summed E-state index contributed by atoms with van der Waals surface area (Å²) in [4.78, 5) is 23.6. The van der Waals surface area contributed by atoms with E-state index in [1.165, 1.54) is 48.5 Å². The van der Waals surface area contributed by atoms with E-state index >= 15 is 0 Å². The number of hydrogen-bond acceptors (Lipinski definition) is 8. The quantitative estimate of drug-likeness (QED) is 0.464. The summed E-state index contributed by atoms with van der Waals surface area (Å²) >= 11 is 0. The lowest BCUT2D eigenvalue weighted by Gasteiger charge is -2.34. The minimum atomic E-state index is -4.86. The highest BCUT2D eigenvalue weighted by Crippen LogP contribution is 2.38. The van der Waals surface area contributed by atoms with Crippen molar-refractivity contribution >= 4 is 27.6 Å². The Labute approximate surface area is 217 Å². The van der Waals surface area contributed by atoms with E-state index in [2.05, 4.69) is 14.7 Å². The smallest absolute Gasteiger partial charge is 0.406 e. The van der Waals surface area contributed by atoms with Crippen LogP contribution in [0, 0.1) is 5.92 Å². The van der Waals surface area contributed by atoms with E-state index in [0.29, 0.717) is 12.1 Å². The molecule has 13 heteroatoms. The minimum absolute atomic E-state index is 0.0221. The zero-order valence-electron chi connectivity index (χ0n) is 20.8. The van der Waals surface area contributed by atoms with E-state index in [1.807, 2.05) is 30.4 Å². The standard InChI is InChI=1S/C25H26F3N5O4S/c1-15-13-24(2,3)33(14-15)22-18(23(34)32-38(35,36)21-9-5-8-20(29)31-21)10-11-19(30-22)16-6-4-7-17(12-16)37-25(26,27)28/h4-12,15H,13-14H2,1-3H3,(H2,29,31)(H,32,34)/t15-/m0/s1. The van der Waals surface area contributed by atoms with Gasteiger partial charge < -0.3 is 15.4 Å². The summed E-state index contributed by atoms with van der Waals surface area (Å²) in [6.45, 7) is 6.51. The third-order valence-corrected chi connectivity index (χ3v) is 7.29. The maximum absolute atomic E-state index is 13.3. The summed E-state index contributed by atoms with van der Waals surface area (Å²) in [6.07, 6.45) is -4.08. The highest BCUT2D eigenvalue weighted by molar-refractivity contribution is 7.90. The molecule has 0 spiro atoms. The van der Waals surface area contributed by atoms with Gasteiger partial charge in [-0.15, -0.1) is 13.2 Å². The third-order valence-electron chi connectivity index (χ3n) is 6.06. The van der Waals surface area contributed by atoms with Crippen molar-refractivity contribution in [2.24, 2.45) is 5.92 Å². The Balaban J connectivity index is 1.76. The molecule has 1 atom stereocenters. The van der Waals surface area contributed by atoms with Crippen LogP contribution in [0.3, 0.4) is 0 Å². The molecule has 1 aliphatic rings. The number of nitrogens with two attached hydrogens (primary N) is 1. The van der Waals surface area contributed by atoms with Gasteiger partial charge in [-0.1, -0.05) is 25.1 Å². The average Bonchev–Trinajstić information content (AvgIpc) is 3.09. The highest BCUT2D eigenvalue weighted by atomic mass is 32.2. The van der Waals surface area contributed by atoms with Gasteiger partial charge in [-0.05, 0) is 62.6 Å². The number of anilines is 2. The lowest BCUT2D eigenvalue weighted by molar-refractivity contribution is -0.274. The molecule has 38 heavy (non-hydrogen) atoms. The van der Waals surface area contributed by atoms with Gasteiger partial charge in [-0.25, -0.2) is 14.7 Å². The Morgan fingerprint density at radius 2 is 1.84 bits per heavy atom. The number of nitrogens with one attached hydrogen (secondary N) is 1. The molecule has 9 nitrogen and oxygen atoms in total. The largest absolute Gasteiger partial charge is 0.573 e. The molecule has 1 aromatic carbocycles. The first-order valence-electron chi connectivity index (χ1n) is 11.6. The molecule has 0 aliphatic carbocycles. The predicted octanol–water partition coefficient (Wildman–Crippen LogP) is 4.37. The number of carbonyl (C=O) groups excluding carboxylic acids is 1. The number of alkyl halides is 3. The number of nitrogen functional groups attached to an aromatic ring is 1. The molecule has 1 saturated heterocycles. The monoisotopic (exact) mass is 549 g/mol. The third kappa shape index (κ3) is 5.98. The van der Waals surface area contributed by atoms with Crippen LogP contribution in [0.1, 0.15) is 37.6 Å². The molecule has 202 valence electrons. The maximum atomic E-state index is 13.3. The van der Waals surface area contributed by atoms with Crippen molar-refractivity contribution in [2.75, 3.05) is 17.2 Å². The molecular weight excluding hydrogens is 523 g/mol. The second kappa shape index (κ2) is 9.78.